The first-order valence-corrected chi connectivity index (χ1v) is 10.8. The Bertz CT molecular complexity index is 816. The second-order valence-electron chi connectivity index (χ2n) is 7.86. The van der Waals surface area contributed by atoms with Crippen LogP contribution in [0.25, 0.3) is 0 Å². The van der Waals surface area contributed by atoms with Crippen LogP contribution in [0.2, 0.25) is 5.02 Å². The van der Waals surface area contributed by atoms with Gasteiger partial charge in [-0.15, -0.1) is 11.3 Å². The third-order valence-electron chi connectivity index (χ3n) is 5.78. The molecular weight excluding hydrogens is 396 g/mol. The second kappa shape index (κ2) is 8.08. The Hall–Kier alpha value is -1.51. The molecule has 0 bridgehead atoms. The number of halogens is 1. The summed E-state index contributed by atoms with van der Waals surface area (Å²) in [5.41, 5.74) is 0.201. The number of aliphatic hydroxyl groups is 1. The lowest BCUT2D eigenvalue weighted by molar-refractivity contribution is -0.0846. The van der Waals surface area contributed by atoms with Gasteiger partial charge < -0.3 is 10.0 Å². The molecule has 1 aromatic heterocycles. The number of hydrogen-bond acceptors (Lipinski definition) is 6. The zero-order valence-corrected chi connectivity index (χ0v) is 17.5. The van der Waals surface area contributed by atoms with Gasteiger partial charge in [-0.05, 0) is 31.2 Å². The molecule has 0 spiro atoms. The summed E-state index contributed by atoms with van der Waals surface area (Å²) >= 11 is 7.63. The van der Waals surface area contributed by atoms with E-state index in [9.17, 15) is 9.90 Å². The molecule has 2 fully saturated rings. The number of benzene rings is 1. The topological polar surface area (TPSA) is 59.9 Å². The van der Waals surface area contributed by atoms with Gasteiger partial charge in [0.25, 0.3) is 5.91 Å². The highest BCUT2D eigenvalue weighted by Crippen LogP contribution is 2.30. The van der Waals surface area contributed by atoms with Crippen LogP contribution in [0, 0.1) is 0 Å². The second-order valence-corrected chi connectivity index (χ2v) is 9.27. The van der Waals surface area contributed by atoms with E-state index in [1.54, 1.807) is 35.6 Å². The molecule has 150 valence electrons. The standard InChI is InChI=1S/C20H25ClN4O2S/c1-20(14-26)13-24(19(27)15-2-4-16(21)5-3-15)11-17-10-23(7-8-25(17)20)12-18-22-6-9-28-18/h2-6,9,17,26H,7-8,10-14H2,1H3/t17-,20-/m0/s1. The average molecular weight is 421 g/mol. The number of aromatic nitrogens is 1. The van der Waals surface area contributed by atoms with E-state index in [2.05, 4.69) is 21.7 Å². The first-order valence-electron chi connectivity index (χ1n) is 9.52. The molecule has 2 aromatic rings. The van der Waals surface area contributed by atoms with E-state index in [0.717, 1.165) is 31.2 Å². The maximum atomic E-state index is 13.1. The molecule has 28 heavy (non-hydrogen) atoms. The third kappa shape index (κ3) is 3.95. The molecule has 2 aliphatic heterocycles. The molecule has 8 heteroatoms. The van der Waals surface area contributed by atoms with Gasteiger partial charge in [0.2, 0.25) is 0 Å². The van der Waals surface area contributed by atoms with Crippen molar-refractivity contribution in [3.8, 4) is 0 Å². The molecule has 1 N–H and O–H groups in total. The molecule has 1 aromatic carbocycles. The number of nitrogens with zero attached hydrogens (tertiary/aromatic N) is 4. The van der Waals surface area contributed by atoms with Gasteiger partial charge in [-0.25, -0.2) is 4.98 Å². The Morgan fingerprint density at radius 1 is 1.32 bits per heavy atom. The zero-order valence-electron chi connectivity index (χ0n) is 15.9. The molecule has 0 radical (unpaired) electrons. The van der Waals surface area contributed by atoms with E-state index in [0.29, 0.717) is 23.7 Å². The van der Waals surface area contributed by atoms with Crippen LogP contribution in [0.1, 0.15) is 22.3 Å². The predicted molar refractivity (Wildman–Crippen MR) is 111 cm³/mol. The van der Waals surface area contributed by atoms with Crippen molar-refractivity contribution in [2.45, 2.75) is 25.0 Å². The molecule has 2 aliphatic rings. The highest BCUT2D eigenvalue weighted by Gasteiger charge is 2.46. The van der Waals surface area contributed by atoms with Gasteiger partial charge in [-0.3, -0.25) is 14.6 Å². The molecular formula is C20H25ClN4O2S. The van der Waals surface area contributed by atoms with E-state index in [4.69, 9.17) is 11.6 Å². The number of carbonyl (C=O) groups is 1. The van der Waals surface area contributed by atoms with Crippen molar-refractivity contribution in [2.75, 3.05) is 39.3 Å². The molecule has 4 rings (SSSR count). The fourth-order valence-corrected chi connectivity index (χ4v) is 5.13. The van der Waals surface area contributed by atoms with Crippen molar-refractivity contribution in [3.63, 3.8) is 0 Å². The molecule has 2 saturated heterocycles. The summed E-state index contributed by atoms with van der Waals surface area (Å²) in [7, 11) is 0. The first-order chi connectivity index (χ1) is 13.5. The Morgan fingerprint density at radius 2 is 2.11 bits per heavy atom. The summed E-state index contributed by atoms with van der Waals surface area (Å²) < 4.78 is 0. The van der Waals surface area contributed by atoms with Gasteiger partial charge in [-0.1, -0.05) is 11.6 Å². The smallest absolute Gasteiger partial charge is 0.253 e. The number of carbonyl (C=O) groups excluding carboxylic acids is 1. The maximum absolute atomic E-state index is 13.1. The summed E-state index contributed by atoms with van der Waals surface area (Å²) in [4.78, 5) is 24.2. The number of amides is 1. The molecule has 0 aliphatic carbocycles. The van der Waals surface area contributed by atoms with Crippen LogP contribution in [0.3, 0.4) is 0 Å². The van der Waals surface area contributed by atoms with Gasteiger partial charge in [0.15, 0.2) is 0 Å². The quantitative estimate of drug-likeness (QED) is 0.821. The number of hydrogen-bond donors (Lipinski definition) is 1. The van der Waals surface area contributed by atoms with E-state index in [1.165, 1.54) is 0 Å². The Morgan fingerprint density at radius 3 is 2.79 bits per heavy atom. The minimum atomic E-state index is -0.432. The molecule has 6 nitrogen and oxygen atoms in total. The highest BCUT2D eigenvalue weighted by molar-refractivity contribution is 7.09. The average Bonchev–Trinajstić information content (AvgIpc) is 3.20. The monoisotopic (exact) mass is 420 g/mol. The Kier molecular flexibility index (Phi) is 5.71. The van der Waals surface area contributed by atoms with Crippen LogP contribution in [0.15, 0.2) is 35.8 Å². The SMILES string of the molecule is C[C@@]1(CO)CN(C(=O)c2ccc(Cl)cc2)C[C@@H]2CN(Cc3nccs3)CCN21. The fourth-order valence-electron chi connectivity index (χ4n) is 4.34. The minimum Gasteiger partial charge on any atom is -0.394 e. The van der Waals surface area contributed by atoms with E-state index in [-0.39, 0.29) is 18.6 Å². The largest absolute Gasteiger partial charge is 0.394 e. The van der Waals surface area contributed by atoms with Crippen LogP contribution >= 0.6 is 22.9 Å². The fraction of sp³-hybridized carbons (Fsp3) is 0.500. The number of thiazole rings is 1. The zero-order chi connectivity index (χ0) is 19.7. The van der Waals surface area contributed by atoms with Crippen LogP contribution in [-0.2, 0) is 6.54 Å². The number of aliphatic hydroxyl groups excluding tert-OH is 1. The van der Waals surface area contributed by atoms with Crippen LogP contribution < -0.4 is 0 Å². The minimum absolute atomic E-state index is 0.00645. The maximum Gasteiger partial charge on any atom is 0.253 e. The Labute approximate surface area is 174 Å². The summed E-state index contributed by atoms with van der Waals surface area (Å²) in [5, 5.41) is 13.9. The van der Waals surface area contributed by atoms with Crippen molar-refractivity contribution in [1.82, 2.24) is 19.7 Å². The van der Waals surface area contributed by atoms with Crippen molar-refractivity contribution >= 4 is 28.8 Å². The molecule has 0 saturated carbocycles. The lowest BCUT2D eigenvalue weighted by Gasteiger charge is -2.56. The predicted octanol–water partition coefficient (Wildman–Crippen LogP) is 2.19. The lowest BCUT2D eigenvalue weighted by atomic mass is 9.91. The van der Waals surface area contributed by atoms with Crippen molar-refractivity contribution in [1.29, 1.82) is 0 Å². The van der Waals surface area contributed by atoms with Crippen LogP contribution in [0.4, 0.5) is 0 Å². The van der Waals surface area contributed by atoms with Crippen molar-refractivity contribution in [2.24, 2.45) is 0 Å². The Balaban J connectivity index is 1.51. The van der Waals surface area contributed by atoms with Crippen LogP contribution in [-0.4, -0.2) is 81.6 Å². The van der Waals surface area contributed by atoms with Crippen molar-refractivity contribution < 1.29 is 9.90 Å². The van der Waals surface area contributed by atoms with Gasteiger partial charge in [0.05, 0.1) is 18.7 Å². The third-order valence-corrected chi connectivity index (χ3v) is 6.80. The van der Waals surface area contributed by atoms with Crippen LogP contribution in [0.5, 0.6) is 0 Å². The molecule has 2 atom stereocenters. The van der Waals surface area contributed by atoms with Crippen molar-refractivity contribution in [3.05, 3.63) is 51.4 Å². The van der Waals surface area contributed by atoms with E-state index in [1.807, 2.05) is 16.5 Å². The summed E-state index contributed by atoms with van der Waals surface area (Å²) in [6.07, 6.45) is 1.84. The van der Waals surface area contributed by atoms with E-state index >= 15 is 0 Å². The van der Waals surface area contributed by atoms with Gasteiger partial charge in [-0.2, -0.15) is 0 Å². The molecule has 0 unspecified atom stereocenters. The lowest BCUT2D eigenvalue weighted by Crippen LogP contribution is -2.72. The van der Waals surface area contributed by atoms with Gasteiger partial charge in [0, 0.05) is 60.9 Å². The van der Waals surface area contributed by atoms with Gasteiger partial charge in [0.1, 0.15) is 5.01 Å². The highest BCUT2D eigenvalue weighted by atomic mass is 35.5. The van der Waals surface area contributed by atoms with E-state index < -0.39 is 5.54 Å². The first kappa shape index (κ1) is 19.8. The summed E-state index contributed by atoms with van der Waals surface area (Å²) in [6, 6.07) is 7.21. The summed E-state index contributed by atoms with van der Waals surface area (Å²) in [6.45, 7) is 6.78. The van der Waals surface area contributed by atoms with Gasteiger partial charge >= 0.3 is 0 Å². The normalized spacial score (nSPS) is 26.2. The number of rotatable bonds is 4. The number of piperazine rings is 2. The molecule has 1 amide bonds. The summed E-state index contributed by atoms with van der Waals surface area (Å²) in [5.74, 6) is -0.00645. The molecule has 3 heterocycles. The number of fused-ring (bicyclic) bond motifs is 1.